The molecule has 2 rings (SSSR count). The molecular weight excluding hydrogens is 424 g/mol. The van der Waals surface area contributed by atoms with E-state index >= 15 is 0 Å². The molecule has 2 aromatic rings. The van der Waals surface area contributed by atoms with Gasteiger partial charge in [-0.3, -0.25) is 0 Å². The minimum atomic E-state index is -0.348. The molecule has 0 aliphatic carbocycles. The lowest BCUT2D eigenvalue weighted by Gasteiger charge is -2.17. The number of carbonyl (C=O) groups excluding carboxylic acids is 2. The fourth-order valence-corrected chi connectivity index (χ4v) is 4.13. The Bertz CT molecular complexity index is 815. The summed E-state index contributed by atoms with van der Waals surface area (Å²) in [4.78, 5) is 26.1. The van der Waals surface area contributed by atoms with Gasteiger partial charge < -0.3 is 9.47 Å². The van der Waals surface area contributed by atoms with Crippen LogP contribution in [0, 0.1) is 11.8 Å². The lowest BCUT2D eigenvalue weighted by Crippen LogP contribution is -2.16. The quantitative estimate of drug-likeness (QED) is 0.249. The van der Waals surface area contributed by atoms with Crippen molar-refractivity contribution in [2.24, 2.45) is 11.8 Å². The number of esters is 2. The van der Waals surface area contributed by atoms with Crippen molar-refractivity contribution in [3.05, 3.63) is 59.7 Å². The minimum absolute atomic E-state index is 0.348. The molecule has 0 heterocycles. The standard InChI is InChI=1S/C30H42O4/c1-5-9-15-23(7-3)21-33-29(31)27-19-13-11-17-25(27)26-18-12-14-20-28(26)30(32)34-22-24(8-4)16-10-6-2/h11-14,17-20,23-24H,5-10,15-16,21-22H2,1-4H3. The maximum absolute atomic E-state index is 13.0. The van der Waals surface area contributed by atoms with Gasteiger partial charge in [0.15, 0.2) is 0 Å². The first-order valence-electron chi connectivity index (χ1n) is 13.1. The number of hydrogen-bond acceptors (Lipinski definition) is 4. The Morgan fingerprint density at radius 3 is 1.38 bits per heavy atom. The number of hydrogen-bond donors (Lipinski definition) is 0. The van der Waals surface area contributed by atoms with Crippen molar-refractivity contribution in [1.82, 2.24) is 0 Å². The SMILES string of the molecule is CCCCC(CC)COC(=O)c1ccccc1-c1ccccc1C(=O)OCC(CC)CCCC. The molecule has 0 aromatic heterocycles. The van der Waals surface area contributed by atoms with Gasteiger partial charge in [0.25, 0.3) is 0 Å². The molecule has 0 radical (unpaired) electrons. The lowest BCUT2D eigenvalue weighted by molar-refractivity contribution is 0.0418. The first-order valence-corrected chi connectivity index (χ1v) is 13.1. The highest BCUT2D eigenvalue weighted by molar-refractivity contribution is 6.03. The molecule has 0 bridgehead atoms. The van der Waals surface area contributed by atoms with Crippen molar-refractivity contribution in [2.75, 3.05) is 13.2 Å². The smallest absolute Gasteiger partial charge is 0.338 e. The molecular formula is C30H42O4. The van der Waals surface area contributed by atoms with Crippen LogP contribution < -0.4 is 0 Å². The number of benzene rings is 2. The molecule has 2 unspecified atom stereocenters. The minimum Gasteiger partial charge on any atom is -0.462 e. The van der Waals surface area contributed by atoms with Crippen LogP contribution in [0.5, 0.6) is 0 Å². The summed E-state index contributed by atoms with van der Waals surface area (Å²) < 4.78 is 11.4. The van der Waals surface area contributed by atoms with Crippen LogP contribution in [0.15, 0.2) is 48.5 Å². The normalized spacial score (nSPS) is 12.7. The predicted molar refractivity (Wildman–Crippen MR) is 139 cm³/mol. The lowest BCUT2D eigenvalue weighted by atomic mass is 9.95. The van der Waals surface area contributed by atoms with Crippen molar-refractivity contribution >= 4 is 11.9 Å². The van der Waals surface area contributed by atoms with Crippen molar-refractivity contribution in [2.45, 2.75) is 79.1 Å². The van der Waals surface area contributed by atoms with E-state index < -0.39 is 0 Å². The molecule has 0 spiro atoms. The van der Waals surface area contributed by atoms with Gasteiger partial charge in [0.2, 0.25) is 0 Å². The summed E-state index contributed by atoms with van der Waals surface area (Å²) in [5.41, 5.74) is 2.34. The summed E-state index contributed by atoms with van der Waals surface area (Å²) in [5.74, 6) is 0.0498. The van der Waals surface area contributed by atoms with E-state index in [4.69, 9.17) is 9.47 Å². The Kier molecular flexibility index (Phi) is 12.4. The molecule has 2 aromatic carbocycles. The Morgan fingerprint density at radius 1 is 0.647 bits per heavy atom. The van der Waals surface area contributed by atoms with E-state index in [1.165, 1.54) is 0 Å². The first-order chi connectivity index (χ1) is 16.5. The summed E-state index contributed by atoms with van der Waals surface area (Å²) in [6, 6.07) is 14.7. The average molecular weight is 467 g/mol. The second kappa shape index (κ2) is 15.3. The molecule has 0 saturated carbocycles. The van der Waals surface area contributed by atoms with Crippen molar-refractivity contribution in [3.8, 4) is 11.1 Å². The van der Waals surface area contributed by atoms with Gasteiger partial charge in [-0.2, -0.15) is 0 Å². The van der Waals surface area contributed by atoms with Gasteiger partial charge in [0, 0.05) is 0 Å². The maximum Gasteiger partial charge on any atom is 0.338 e. The summed E-state index contributed by atoms with van der Waals surface area (Å²) in [6.45, 7) is 9.45. The summed E-state index contributed by atoms with van der Waals surface area (Å²) in [7, 11) is 0. The highest BCUT2D eigenvalue weighted by atomic mass is 16.5. The van der Waals surface area contributed by atoms with Gasteiger partial charge >= 0.3 is 11.9 Å². The van der Waals surface area contributed by atoms with E-state index in [9.17, 15) is 9.59 Å². The molecule has 0 saturated heterocycles. The summed E-state index contributed by atoms with van der Waals surface area (Å²) in [5, 5.41) is 0. The average Bonchev–Trinajstić information content (AvgIpc) is 2.88. The molecule has 0 N–H and O–H groups in total. The molecule has 0 amide bonds. The molecule has 0 aliphatic heterocycles. The number of carbonyl (C=O) groups is 2. The van der Waals surface area contributed by atoms with Gasteiger partial charge in [-0.1, -0.05) is 103 Å². The molecule has 2 atom stereocenters. The van der Waals surface area contributed by atoms with Crippen LogP contribution in [0.2, 0.25) is 0 Å². The maximum atomic E-state index is 13.0. The zero-order chi connectivity index (χ0) is 24.8. The van der Waals surface area contributed by atoms with Gasteiger partial charge in [-0.25, -0.2) is 9.59 Å². The fourth-order valence-electron chi connectivity index (χ4n) is 4.13. The Hall–Kier alpha value is -2.62. The van der Waals surface area contributed by atoms with Crippen molar-refractivity contribution in [1.29, 1.82) is 0 Å². The molecule has 4 heteroatoms. The molecule has 0 fully saturated rings. The van der Waals surface area contributed by atoms with Crippen LogP contribution in [-0.2, 0) is 9.47 Å². The van der Waals surface area contributed by atoms with E-state index in [0.717, 1.165) is 51.4 Å². The van der Waals surface area contributed by atoms with Crippen LogP contribution in [0.1, 0.15) is 99.8 Å². The molecule has 34 heavy (non-hydrogen) atoms. The van der Waals surface area contributed by atoms with Crippen LogP contribution in [-0.4, -0.2) is 25.2 Å². The second-order valence-corrected chi connectivity index (χ2v) is 9.12. The largest absolute Gasteiger partial charge is 0.462 e. The summed E-state index contributed by atoms with van der Waals surface area (Å²) >= 11 is 0. The van der Waals surface area contributed by atoms with Gasteiger partial charge in [0.1, 0.15) is 0 Å². The third kappa shape index (κ3) is 8.30. The van der Waals surface area contributed by atoms with E-state index in [1.807, 2.05) is 36.4 Å². The highest BCUT2D eigenvalue weighted by Gasteiger charge is 2.21. The topological polar surface area (TPSA) is 52.6 Å². The van der Waals surface area contributed by atoms with Gasteiger partial charge in [0.05, 0.1) is 24.3 Å². The second-order valence-electron chi connectivity index (χ2n) is 9.12. The number of ether oxygens (including phenoxy) is 2. The van der Waals surface area contributed by atoms with Gasteiger partial charge in [-0.05, 0) is 47.9 Å². The Labute approximate surface area is 206 Å². The fraction of sp³-hybridized carbons (Fsp3) is 0.533. The molecule has 0 aliphatic rings. The van der Waals surface area contributed by atoms with Crippen molar-refractivity contribution in [3.63, 3.8) is 0 Å². The van der Waals surface area contributed by atoms with Crippen LogP contribution in [0.3, 0.4) is 0 Å². The highest BCUT2D eigenvalue weighted by Crippen LogP contribution is 2.29. The Morgan fingerprint density at radius 2 is 1.03 bits per heavy atom. The van der Waals surface area contributed by atoms with E-state index in [2.05, 4.69) is 27.7 Å². The predicted octanol–water partition coefficient (Wildman–Crippen LogP) is 8.10. The zero-order valence-electron chi connectivity index (χ0n) is 21.5. The number of unbranched alkanes of at least 4 members (excludes halogenated alkanes) is 2. The van der Waals surface area contributed by atoms with E-state index in [-0.39, 0.29) is 11.9 Å². The molecule has 4 nitrogen and oxygen atoms in total. The van der Waals surface area contributed by atoms with Gasteiger partial charge in [-0.15, -0.1) is 0 Å². The Balaban J connectivity index is 2.19. The number of rotatable bonds is 15. The third-order valence-electron chi connectivity index (χ3n) is 6.57. The first kappa shape index (κ1) is 27.6. The van der Waals surface area contributed by atoms with Crippen LogP contribution >= 0.6 is 0 Å². The monoisotopic (exact) mass is 466 g/mol. The van der Waals surface area contributed by atoms with E-state index in [0.29, 0.717) is 47.3 Å². The summed E-state index contributed by atoms with van der Waals surface area (Å²) in [6.07, 6.45) is 8.65. The van der Waals surface area contributed by atoms with Crippen molar-refractivity contribution < 1.29 is 19.1 Å². The van der Waals surface area contributed by atoms with Crippen LogP contribution in [0.25, 0.3) is 11.1 Å². The van der Waals surface area contributed by atoms with Crippen LogP contribution in [0.4, 0.5) is 0 Å². The zero-order valence-corrected chi connectivity index (χ0v) is 21.5. The van der Waals surface area contributed by atoms with E-state index in [1.54, 1.807) is 12.1 Å². The molecule has 186 valence electrons. The third-order valence-corrected chi connectivity index (χ3v) is 6.57.